The molecular formula is C18H16BrF3N4O4S. The summed E-state index contributed by atoms with van der Waals surface area (Å²) in [6.07, 6.45) is -5.00. The van der Waals surface area contributed by atoms with Gasteiger partial charge in [-0.2, -0.15) is 13.2 Å². The van der Waals surface area contributed by atoms with Gasteiger partial charge in [-0.1, -0.05) is 15.9 Å². The fourth-order valence-electron chi connectivity index (χ4n) is 2.31. The lowest BCUT2D eigenvalue weighted by molar-refractivity contribution is -0.388. The summed E-state index contributed by atoms with van der Waals surface area (Å²) < 4.78 is 40.1. The van der Waals surface area contributed by atoms with Gasteiger partial charge < -0.3 is 21.1 Å². The fourth-order valence-corrected chi connectivity index (χ4v) is 2.76. The van der Waals surface area contributed by atoms with Crippen LogP contribution >= 0.6 is 28.1 Å². The molecule has 0 radical (unpaired) electrons. The second-order valence-corrected chi connectivity index (χ2v) is 7.85. The SMILES string of the molecule is CC(O)(CNC(=S)Nc1ccc(Br)cc1)C(=O)Nc1ccc([N+](=O)[O-])c(C(F)(F)F)c1. The third-order valence-corrected chi connectivity index (χ3v) is 4.72. The molecule has 0 aromatic heterocycles. The molecule has 0 bridgehead atoms. The standard InChI is InChI=1S/C18H16BrF3N4O4S/c1-17(28,9-23-16(31)25-11-4-2-10(19)3-5-11)15(27)24-12-6-7-14(26(29)30)13(8-12)18(20,21)22/h2-8,28H,9H2,1H3,(H,24,27)(H2,23,25,31). The number of nitrogens with one attached hydrogen (secondary N) is 3. The van der Waals surface area contributed by atoms with Crippen LogP contribution in [0.4, 0.5) is 30.2 Å². The Morgan fingerprint density at radius 1 is 1.16 bits per heavy atom. The molecule has 31 heavy (non-hydrogen) atoms. The van der Waals surface area contributed by atoms with Crippen LogP contribution in [0.25, 0.3) is 0 Å². The first-order valence-corrected chi connectivity index (χ1v) is 9.69. The summed E-state index contributed by atoms with van der Waals surface area (Å²) in [6, 6.07) is 9.00. The van der Waals surface area contributed by atoms with Crippen LogP contribution in [0.2, 0.25) is 0 Å². The number of nitro benzene ring substituents is 1. The molecule has 1 amide bonds. The summed E-state index contributed by atoms with van der Waals surface area (Å²) >= 11 is 8.37. The van der Waals surface area contributed by atoms with E-state index in [0.29, 0.717) is 17.8 Å². The second kappa shape index (κ2) is 9.58. The summed E-state index contributed by atoms with van der Waals surface area (Å²) in [6.45, 7) is 0.772. The number of carbonyl (C=O) groups is 1. The van der Waals surface area contributed by atoms with Crippen molar-refractivity contribution >= 4 is 56.2 Å². The quantitative estimate of drug-likeness (QED) is 0.258. The number of benzene rings is 2. The Bertz CT molecular complexity index is 1000. The number of alkyl halides is 3. The predicted octanol–water partition coefficient (Wildman–Crippen LogP) is 4.05. The molecule has 13 heteroatoms. The van der Waals surface area contributed by atoms with Gasteiger partial charge in [0.2, 0.25) is 0 Å². The maximum Gasteiger partial charge on any atom is 0.423 e. The van der Waals surface area contributed by atoms with Gasteiger partial charge in [-0.3, -0.25) is 14.9 Å². The van der Waals surface area contributed by atoms with Crippen LogP contribution in [0.15, 0.2) is 46.9 Å². The normalized spacial score (nSPS) is 13.1. The fraction of sp³-hybridized carbons (Fsp3) is 0.222. The zero-order valence-electron chi connectivity index (χ0n) is 15.8. The third-order valence-electron chi connectivity index (χ3n) is 3.94. The highest BCUT2D eigenvalue weighted by Gasteiger charge is 2.39. The van der Waals surface area contributed by atoms with Crippen molar-refractivity contribution in [2.45, 2.75) is 18.7 Å². The summed E-state index contributed by atoms with van der Waals surface area (Å²) in [4.78, 5) is 22.0. The largest absolute Gasteiger partial charge is 0.423 e. The molecule has 166 valence electrons. The molecule has 8 nitrogen and oxygen atoms in total. The molecule has 4 N–H and O–H groups in total. The van der Waals surface area contributed by atoms with Crippen molar-refractivity contribution in [1.29, 1.82) is 0 Å². The maximum absolute atomic E-state index is 13.1. The highest BCUT2D eigenvalue weighted by molar-refractivity contribution is 9.10. The van der Waals surface area contributed by atoms with Crippen molar-refractivity contribution in [3.8, 4) is 0 Å². The first kappa shape index (κ1) is 24.5. The van der Waals surface area contributed by atoms with Gasteiger partial charge in [0.05, 0.1) is 11.5 Å². The number of nitro groups is 1. The summed E-state index contributed by atoms with van der Waals surface area (Å²) in [5.74, 6) is -1.03. The number of anilines is 2. The van der Waals surface area contributed by atoms with Gasteiger partial charge in [0.25, 0.3) is 11.6 Å². The zero-order valence-corrected chi connectivity index (χ0v) is 18.2. The van der Waals surface area contributed by atoms with Gasteiger partial charge >= 0.3 is 6.18 Å². The molecule has 0 fully saturated rings. The van der Waals surface area contributed by atoms with Crippen LogP contribution in [-0.2, 0) is 11.0 Å². The van der Waals surface area contributed by atoms with E-state index in [2.05, 4.69) is 31.9 Å². The van der Waals surface area contributed by atoms with Gasteiger partial charge in [0.1, 0.15) is 5.56 Å². The van der Waals surface area contributed by atoms with Gasteiger partial charge in [-0.05, 0) is 55.5 Å². The summed E-state index contributed by atoms with van der Waals surface area (Å²) in [7, 11) is 0. The minimum absolute atomic E-state index is 0.102. The first-order valence-electron chi connectivity index (χ1n) is 8.49. The predicted molar refractivity (Wildman–Crippen MR) is 116 cm³/mol. The van der Waals surface area contributed by atoms with Crippen molar-refractivity contribution in [3.63, 3.8) is 0 Å². The summed E-state index contributed by atoms with van der Waals surface area (Å²) in [5.41, 5.74) is -4.45. The third kappa shape index (κ3) is 6.87. The Hall–Kier alpha value is -2.77. The topological polar surface area (TPSA) is 117 Å². The number of amides is 1. The van der Waals surface area contributed by atoms with E-state index in [9.17, 15) is 33.2 Å². The molecule has 2 aromatic rings. The average Bonchev–Trinajstić information content (AvgIpc) is 2.67. The van der Waals surface area contributed by atoms with E-state index in [4.69, 9.17) is 12.2 Å². The molecule has 0 spiro atoms. The van der Waals surface area contributed by atoms with E-state index >= 15 is 0 Å². The van der Waals surface area contributed by atoms with Crippen LogP contribution in [-0.4, -0.2) is 33.2 Å². The highest BCUT2D eigenvalue weighted by atomic mass is 79.9. The number of aliphatic hydroxyl groups is 1. The van der Waals surface area contributed by atoms with Crippen LogP contribution in [0, 0.1) is 10.1 Å². The van der Waals surface area contributed by atoms with Crippen LogP contribution in [0.3, 0.4) is 0 Å². The van der Waals surface area contributed by atoms with E-state index in [0.717, 1.165) is 17.5 Å². The molecule has 0 heterocycles. The lowest BCUT2D eigenvalue weighted by atomic mass is 10.1. The molecule has 0 saturated heterocycles. The van der Waals surface area contributed by atoms with Gasteiger partial charge in [0, 0.05) is 21.9 Å². The smallest absolute Gasteiger partial charge is 0.378 e. The Kier molecular flexibility index (Phi) is 7.57. The van der Waals surface area contributed by atoms with E-state index < -0.39 is 33.9 Å². The van der Waals surface area contributed by atoms with Crippen molar-refractivity contribution in [1.82, 2.24) is 5.32 Å². The molecular weight excluding hydrogens is 505 g/mol. The number of rotatable bonds is 6. The highest BCUT2D eigenvalue weighted by Crippen LogP contribution is 2.37. The monoisotopic (exact) mass is 520 g/mol. The Labute approximate surface area is 188 Å². The molecule has 0 aliphatic carbocycles. The van der Waals surface area contributed by atoms with Crippen molar-refractivity contribution in [3.05, 3.63) is 62.6 Å². The first-order chi connectivity index (χ1) is 14.3. The lowest BCUT2D eigenvalue weighted by Gasteiger charge is -2.24. The molecule has 2 aromatic carbocycles. The van der Waals surface area contributed by atoms with E-state index in [1.165, 1.54) is 0 Å². The lowest BCUT2D eigenvalue weighted by Crippen LogP contribution is -2.50. The van der Waals surface area contributed by atoms with Crippen molar-refractivity contribution in [2.24, 2.45) is 0 Å². The Morgan fingerprint density at radius 2 is 1.74 bits per heavy atom. The Morgan fingerprint density at radius 3 is 2.29 bits per heavy atom. The number of nitrogens with zero attached hydrogens (tertiary/aromatic N) is 1. The van der Waals surface area contributed by atoms with Crippen molar-refractivity contribution in [2.75, 3.05) is 17.2 Å². The number of hydrogen-bond donors (Lipinski definition) is 4. The Balaban J connectivity index is 2.04. The number of thiocarbonyl (C=S) groups is 1. The van der Waals surface area contributed by atoms with Gasteiger partial charge in [-0.25, -0.2) is 0 Å². The number of halogens is 4. The minimum atomic E-state index is -5.00. The van der Waals surface area contributed by atoms with Gasteiger partial charge in [0.15, 0.2) is 10.7 Å². The van der Waals surface area contributed by atoms with Crippen LogP contribution in [0.5, 0.6) is 0 Å². The van der Waals surface area contributed by atoms with Crippen LogP contribution in [0.1, 0.15) is 12.5 Å². The molecule has 1 atom stereocenters. The van der Waals surface area contributed by atoms with Crippen LogP contribution < -0.4 is 16.0 Å². The molecule has 0 saturated carbocycles. The van der Waals surface area contributed by atoms with E-state index in [1.807, 2.05) is 0 Å². The van der Waals surface area contributed by atoms with Gasteiger partial charge in [-0.15, -0.1) is 0 Å². The van der Waals surface area contributed by atoms with E-state index in [1.54, 1.807) is 24.3 Å². The molecule has 1 unspecified atom stereocenters. The average molecular weight is 521 g/mol. The summed E-state index contributed by atoms with van der Waals surface area (Å²) in [5, 5.41) is 28.9. The minimum Gasteiger partial charge on any atom is -0.378 e. The number of hydrogen-bond acceptors (Lipinski definition) is 5. The molecule has 0 aliphatic heterocycles. The number of carbonyl (C=O) groups excluding carboxylic acids is 1. The second-order valence-electron chi connectivity index (χ2n) is 6.53. The van der Waals surface area contributed by atoms with Crippen molar-refractivity contribution < 1.29 is 28.0 Å². The molecule has 0 aliphatic rings. The maximum atomic E-state index is 13.1. The zero-order chi connectivity index (χ0) is 23.4. The molecule has 2 rings (SSSR count). The van der Waals surface area contributed by atoms with E-state index in [-0.39, 0.29) is 17.3 Å².